The number of piperazine rings is 1. The summed E-state index contributed by atoms with van der Waals surface area (Å²) in [4.78, 5) is 31.7. The molecule has 0 unspecified atom stereocenters. The average molecular weight is 484 g/mol. The van der Waals surface area contributed by atoms with Crippen LogP contribution in [-0.4, -0.2) is 70.1 Å². The number of likely N-dealkylation sites (tertiary alicyclic amines) is 1. The second-order valence-electron chi connectivity index (χ2n) is 11.2. The maximum Gasteiger partial charge on any atom is 0.246 e. The van der Waals surface area contributed by atoms with Gasteiger partial charge in [0, 0.05) is 32.6 Å². The van der Waals surface area contributed by atoms with E-state index in [4.69, 9.17) is 0 Å². The van der Waals surface area contributed by atoms with Gasteiger partial charge in [-0.1, -0.05) is 51.9 Å². The van der Waals surface area contributed by atoms with Gasteiger partial charge in [-0.2, -0.15) is 0 Å². The van der Waals surface area contributed by atoms with Crippen molar-refractivity contribution in [2.75, 3.05) is 26.2 Å². The molecule has 33 heavy (non-hydrogen) atoms. The molecule has 2 saturated heterocycles. The summed E-state index contributed by atoms with van der Waals surface area (Å²) in [7, 11) is 0. The molecule has 2 aliphatic heterocycles. The number of unbranched alkanes of at least 4 members (excludes halogenated alkanes) is 1. The van der Waals surface area contributed by atoms with E-state index < -0.39 is 17.2 Å². The van der Waals surface area contributed by atoms with Crippen LogP contribution in [-0.2, 0) is 9.59 Å². The molecule has 6 nitrogen and oxygen atoms in total. The molecule has 0 radical (unpaired) electrons. The molecule has 0 bridgehead atoms. The molecule has 0 aromatic carbocycles. The van der Waals surface area contributed by atoms with E-state index in [2.05, 4.69) is 17.1 Å². The predicted molar refractivity (Wildman–Crippen MR) is 133 cm³/mol. The molecule has 2 heterocycles. The monoisotopic (exact) mass is 483 g/mol. The minimum atomic E-state index is -0.809. The van der Waals surface area contributed by atoms with E-state index in [0.29, 0.717) is 13.0 Å². The quantitative estimate of drug-likeness (QED) is 0.573. The zero-order chi connectivity index (χ0) is 22.6. The van der Waals surface area contributed by atoms with Crippen LogP contribution < -0.4 is 5.32 Å². The lowest BCUT2D eigenvalue weighted by atomic mass is 9.77. The Balaban J connectivity index is 0.00000306. The number of piperidine rings is 1. The third kappa shape index (κ3) is 6.05. The normalized spacial score (nSPS) is 28.4. The molecule has 0 aromatic rings. The van der Waals surface area contributed by atoms with Crippen molar-refractivity contribution >= 4 is 24.2 Å². The lowest BCUT2D eigenvalue weighted by molar-refractivity contribution is -0.163. The second-order valence-corrected chi connectivity index (χ2v) is 11.2. The van der Waals surface area contributed by atoms with Crippen molar-refractivity contribution in [3.63, 3.8) is 0 Å². The number of nitrogens with one attached hydrogen (secondary N) is 1. The SMILES string of the molecule is CCCCN1C(=O)[C@@H](CC2(O)CCCCC2)NC(=O)C12CCN(CC1CCCCC1)CC2.Cl. The van der Waals surface area contributed by atoms with E-state index in [9.17, 15) is 14.7 Å². The summed E-state index contributed by atoms with van der Waals surface area (Å²) in [6, 6.07) is -0.576. The number of nitrogens with zero attached hydrogens (tertiary/aromatic N) is 2. The first-order valence-corrected chi connectivity index (χ1v) is 13.5. The molecular formula is C26H46ClN3O3. The van der Waals surface area contributed by atoms with Gasteiger partial charge in [0.25, 0.3) is 0 Å². The van der Waals surface area contributed by atoms with Gasteiger partial charge >= 0.3 is 0 Å². The Morgan fingerprint density at radius 3 is 2.24 bits per heavy atom. The van der Waals surface area contributed by atoms with Crippen molar-refractivity contribution < 1.29 is 14.7 Å². The van der Waals surface area contributed by atoms with Gasteiger partial charge < -0.3 is 20.2 Å². The molecule has 0 aromatic heterocycles. The molecule has 2 amide bonds. The summed E-state index contributed by atoms with van der Waals surface area (Å²) in [5, 5.41) is 14.1. The van der Waals surface area contributed by atoms with Crippen molar-refractivity contribution in [3.05, 3.63) is 0 Å². The Hall–Kier alpha value is -0.850. The van der Waals surface area contributed by atoms with Crippen LogP contribution in [0.4, 0.5) is 0 Å². The van der Waals surface area contributed by atoms with Crippen LogP contribution in [0.2, 0.25) is 0 Å². The summed E-state index contributed by atoms with van der Waals surface area (Å²) in [5.41, 5.74) is -1.50. The topological polar surface area (TPSA) is 72.9 Å². The number of hydrogen-bond acceptors (Lipinski definition) is 4. The van der Waals surface area contributed by atoms with Crippen LogP contribution >= 0.6 is 12.4 Å². The van der Waals surface area contributed by atoms with E-state index in [1.165, 1.54) is 32.1 Å². The third-order valence-electron chi connectivity index (χ3n) is 8.84. The molecule has 2 aliphatic carbocycles. The summed E-state index contributed by atoms with van der Waals surface area (Å²) < 4.78 is 0. The Kier molecular flexibility index (Phi) is 9.50. The highest BCUT2D eigenvalue weighted by atomic mass is 35.5. The molecule has 4 aliphatic rings. The summed E-state index contributed by atoms with van der Waals surface area (Å²) in [5.74, 6) is 0.865. The Morgan fingerprint density at radius 1 is 0.970 bits per heavy atom. The number of amides is 2. The fourth-order valence-corrected chi connectivity index (χ4v) is 6.79. The lowest BCUT2D eigenvalue weighted by Gasteiger charge is -2.52. The standard InChI is InChI=1S/C26H45N3O3.ClH/c1-2-3-16-29-23(30)22(19-25(32)12-8-5-9-13-25)27-24(31)26(29)14-17-28(18-15-26)20-21-10-6-4-7-11-21;/h21-22,32H,2-20H2,1H3,(H,27,31);1H/t22-;/m1./s1. The van der Waals surface area contributed by atoms with Crippen molar-refractivity contribution in [1.82, 2.24) is 15.1 Å². The minimum Gasteiger partial charge on any atom is -0.390 e. The Morgan fingerprint density at radius 2 is 1.61 bits per heavy atom. The largest absolute Gasteiger partial charge is 0.390 e. The molecular weight excluding hydrogens is 438 g/mol. The molecule has 1 atom stereocenters. The van der Waals surface area contributed by atoms with Crippen LogP contribution in [0.5, 0.6) is 0 Å². The van der Waals surface area contributed by atoms with Gasteiger partial charge in [-0.05, 0) is 50.9 Å². The van der Waals surface area contributed by atoms with Crippen molar-refractivity contribution in [2.24, 2.45) is 5.92 Å². The number of hydrogen-bond donors (Lipinski definition) is 2. The molecule has 2 saturated carbocycles. The average Bonchev–Trinajstić information content (AvgIpc) is 2.80. The van der Waals surface area contributed by atoms with E-state index in [1.54, 1.807) is 0 Å². The predicted octanol–water partition coefficient (Wildman–Crippen LogP) is 4.04. The van der Waals surface area contributed by atoms with Crippen LogP contribution in [0.15, 0.2) is 0 Å². The fourth-order valence-electron chi connectivity index (χ4n) is 6.79. The van der Waals surface area contributed by atoms with E-state index in [1.807, 2.05) is 4.90 Å². The maximum absolute atomic E-state index is 13.7. The Bertz CT molecular complexity index is 653. The van der Waals surface area contributed by atoms with E-state index in [0.717, 1.165) is 83.3 Å². The van der Waals surface area contributed by atoms with Gasteiger partial charge in [-0.15, -0.1) is 12.4 Å². The van der Waals surface area contributed by atoms with E-state index >= 15 is 0 Å². The first kappa shape index (κ1) is 26.7. The van der Waals surface area contributed by atoms with Gasteiger partial charge in [0.15, 0.2) is 0 Å². The number of carbonyl (C=O) groups excluding carboxylic acids is 2. The van der Waals surface area contributed by atoms with Gasteiger partial charge in [0.2, 0.25) is 11.8 Å². The molecule has 1 spiro atoms. The van der Waals surface area contributed by atoms with Crippen molar-refractivity contribution in [3.8, 4) is 0 Å². The number of halogens is 1. The minimum absolute atomic E-state index is 0. The Labute approximate surface area is 206 Å². The van der Waals surface area contributed by atoms with Crippen molar-refractivity contribution in [1.29, 1.82) is 0 Å². The van der Waals surface area contributed by atoms with Gasteiger partial charge in [-0.25, -0.2) is 0 Å². The van der Waals surface area contributed by atoms with Crippen LogP contribution in [0.25, 0.3) is 0 Å². The number of aliphatic hydroxyl groups is 1. The lowest BCUT2D eigenvalue weighted by Crippen LogP contribution is -2.73. The third-order valence-corrected chi connectivity index (χ3v) is 8.84. The van der Waals surface area contributed by atoms with Crippen molar-refractivity contribution in [2.45, 2.75) is 120 Å². The first-order chi connectivity index (χ1) is 15.5. The molecule has 190 valence electrons. The van der Waals surface area contributed by atoms with Gasteiger partial charge in [0.05, 0.1) is 5.60 Å². The van der Waals surface area contributed by atoms with Gasteiger partial charge in [0.1, 0.15) is 11.6 Å². The number of carbonyl (C=O) groups is 2. The highest BCUT2D eigenvalue weighted by molar-refractivity contribution is 6.00. The van der Waals surface area contributed by atoms with E-state index in [-0.39, 0.29) is 24.2 Å². The fraction of sp³-hybridized carbons (Fsp3) is 0.923. The smallest absolute Gasteiger partial charge is 0.246 e. The highest BCUT2D eigenvalue weighted by Gasteiger charge is 2.54. The molecule has 2 N–H and O–H groups in total. The zero-order valence-corrected chi connectivity index (χ0v) is 21.5. The highest BCUT2D eigenvalue weighted by Crippen LogP contribution is 2.38. The molecule has 4 fully saturated rings. The summed E-state index contributed by atoms with van der Waals surface area (Å²) in [6.07, 6.45) is 15.2. The summed E-state index contributed by atoms with van der Waals surface area (Å²) >= 11 is 0. The first-order valence-electron chi connectivity index (χ1n) is 13.5. The number of rotatable bonds is 7. The zero-order valence-electron chi connectivity index (χ0n) is 20.7. The summed E-state index contributed by atoms with van der Waals surface area (Å²) in [6.45, 7) is 5.73. The molecule has 4 rings (SSSR count). The van der Waals surface area contributed by atoms with Crippen LogP contribution in [0, 0.1) is 5.92 Å². The maximum atomic E-state index is 13.7. The van der Waals surface area contributed by atoms with Crippen LogP contribution in [0.3, 0.4) is 0 Å². The molecule has 7 heteroatoms. The van der Waals surface area contributed by atoms with Crippen LogP contribution in [0.1, 0.15) is 103 Å². The van der Waals surface area contributed by atoms with Gasteiger partial charge in [-0.3, -0.25) is 9.59 Å². The second kappa shape index (κ2) is 11.7.